The van der Waals surface area contributed by atoms with Gasteiger partial charge in [-0.25, -0.2) is 8.42 Å². The molecule has 0 bridgehead atoms. The maximum Gasteiger partial charge on any atom is 0.261 e. The summed E-state index contributed by atoms with van der Waals surface area (Å²) in [5, 5.41) is 3.16. The summed E-state index contributed by atoms with van der Waals surface area (Å²) >= 11 is 11.8. The Morgan fingerprint density at radius 1 is 1.12 bits per heavy atom. The molecule has 0 radical (unpaired) electrons. The quantitative estimate of drug-likeness (QED) is 0.745. The fraction of sp³-hybridized carbons (Fsp3) is 0.0625. The maximum atomic E-state index is 12.3. The molecular formula is C16H14Cl2N2O3S. The molecule has 2 aromatic carbocycles. The van der Waals surface area contributed by atoms with E-state index in [0.29, 0.717) is 11.6 Å². The summed E-state index contributed by atoms with van der Waals surface area (Å²) in [7, 11) is -3.78. The number of halogens is 2. The highest BCUT2D eigenvalue weighted by Gasteiger charge is 2.16. The summed E-state index contributed by atoms with van der Waals surface area (Å²) in [5.74, 6) is -0.369. The molecule has 0 spiro atoms. The van der Waals surface area contributed by atoms with E-state index in [4.69, 9.17) is 23.2 Å². The third-order valence-corrected chi connectivity index (χ3v) is 4.96. The molecule has 5 nitrogen and oxygen atoms in total. The molecule has 0 aromatic heterocycles. The molecule has 0 saturated carbocycles. The first-order valence-electron chi connectivity index (χ1n) is 6.80. The zero-order chi connectivity index (χ0) is 17.7. The fourth-order valence-electron chi connectivity index (χ4n) is 1.85. The number of rotatable bonds is 6. The summed E-state index contributed by atoms with van der Waals surface area (Å²) in [5.41, 5.74) is 0.489. The van der Waals surface area contributed by atoms with Gasteiger partial charge in [0.15, 0.2) is 0 Å². The molecule has 2 N–H and O–H groups in total. The van der Waals surface area contributed by atoms with Gasteiger partial charge in [-0.3, -0.25) is 9.52 Å². The van der Waals surface area contributed by atoms with Gasteiger partial charge in [0.2, 0.25) is 0 Å². The smallest absolute Gasteiger partial charge is 0.261 e. The molecular weight excluding hydrogens is 371 g/mol. The number of hydrogen-bond donors (Lipinski definition) is 2. The first-order valence-corrected chi connectivity index (χ1v) is 9.04. The van der Waals surface area contributed by atoms with Crippen LogP contribution in [0.4, 0.5) is 5.69 Å². The summed E-state index contributed by atoms with van der Waals surface area (Å²) in [4.78, 5) is 11.9. The Morgan fingerprint density at radius 3 is 2.38 bits per heavy atom. The van der Waals surface area contributed by atoms with Crippen LogP contribution in [0.25, 0.3) is 0 Å². The van der Waals surface area contributed by atoms with Gasteiger partial charge in [0, 0.05) is 11.6 Å². The molecule has 8 heteroatoms. The first kappa shape index (κ1) is 18.3. The Bertz CT molecular complexity index is 865. The number of amides is 1. The van der Waals surface area contributed by atoms with Crippen molar-refractivity contribution in [2.75, 3.05) is 11.3 Å². The highest BCUT2D eigenvalue weighted by atomic mass is 35.5. The van der Waals surface area contributed by atoms with Gasteiger partial charge in [-0.05, 0) is 42.5 Å². The predicted molar refractivity (Wildman–Crippen MR) is 96.2 cm³/mol. The lowest BCUT2D eigenvalue weighted by molar-refractivity contribution is 0.0958. The Balaban J connectivity index is 2.21. The minimum absolute atomic E-state index is 0.0656. The van der Waals surface area contributed by atoms with E-state index in [-0.39, 0.29) is 27.1 Å². The van der Waals surface area contributed by atoms with Crippen LogP contribution < -0.4 is 10.0 Å². The van der Waals surface area contributed by atoms with Crippen LogP contribution in [0.5, 0.6) is 0 Å². The van der Waals surface area contributed by atoms with Crippen molar-refractivity contribution in [3.05, 3.63) is 70.7 Å². The molecule has 0 unspecified atom stereocenters. The number of carbonyl (C=O) groups is 1. The van der Waals surface area contributed by atoms with Crippen molar-refractivity contribution in [1.82, 2.24) is 5.32 Å². The molecule has 0 heterocycles. The van der Waals surface area contributed by atoms with E-state index in [9.17, 15) is 13.2 Å². The van der Waals surface area contributed by atoms with Crippen LogP contribution in [0.1, 0.15) is 10.4 Å². The van der Waals surface area contributed by atoms with Crippen LogP contribution >= 0.6 is 23.2 Å². The van der Waals surface area contributed by atoms with Crippen molar-refractivity contribution in [1.29, 1.82) is 0 Å². The Kier molecular flexibility index (Phi) is 5.88. The van der Waals surface area contributed by atoms with Crippen LogP contribution in [0, 0.1) is 0 Å². The molecule has 0 aliphatic carbocycles. The van der Waals surface area contributed by atoms with Crippen molar-refractivity contribution < 1.29 is 13.2 Å². The molecule has 126 valence electrons. The van der Waals surface area contributed by atoms with Gasteiger partial charge in [-0.1, -0.05) is 29.3 Å². The molecule has 0 aliphatic rings. The third kappa shape index (κ3) is 4.50. The molecule has 0 saturated heterocycles. The molecule has 2 aromatic rings. The molecule has 0 aliphatic heterocycles. The summed E-state index contributed by atoms with van der Waals surface area (Å²) in [6.45, 7) is 3.81. The number of anilines is 1. The lowest BCUT2D eigenvalue weighted by atomic mass is 10.2. The van der Waals surface area contributed by atoms with Gasteiger partial charge < -0.3 is 5.32 Å². The fourth-order valence-corrected chi connectivity index (χ4v) is 3.29. The second-order valence-corrected chi connectivity index (χ2v) is 7.28. The van der Waals surface area contributed by atoms with Crippen LogP contribution in [0.15, 0.2) is 60.0 Å². The van der Waals surface area contributed by atoms with E-state index in [0.717, 1.165) is 0 Å². The van der Waals surface area contributed by atoms with Gasteiger partial charge in [-0.15, -0.1) is 6.58 Å². The molecule has 1 amide bonds. The predicted octanol–water partition coefficient (Wildman–Crippen LogP) is 3.71. The lowest BCUT2D eigenvalue weighted by Crippen LogP contribution is -2.23. The molecule has 24 heavy (non-hydrogen) atoms. The zero-order valence-corrected chi connectivity index (χ0v) is 14.8. The van der Waals surface area contributed by atoms with Crippen molar-refractivity contribution in [3.8, 4) is 0 Å². The van der Waals surface area contributed by atoms with E-state index >= 15 is 0 Å². The number of hydrogen-bond acceptors (Lipinski definition) is 3. The molecule has 0 atom stereocenters. The van der Waals surface area contributed by atoms with Crippen LogP contribution in [0.3, 0.4) is 0 Å². The van der Waals surface area contributed by atoms with Crippen molar-refractivity contribution >= 4 is 44.8 Å². The second-order valence-electron chi connectivity index (χ2n) is 4.75. The normalized spacial score (nSPS) is 10.9. The summed E-state index contributed by atoms with van der Waals surface area (Å²) in [6.07, 6.45) is 1.54. The third-order valence-electron chi connectivity index (χ3n) is 3.00. The minimum Gasteiger partial charge on any atom is -0.349 e. The highest BCUT2D eigenvalue weighted by Crippen LogP contribution is 2.24. The number of sulfonamides is 1. The average molecular weight is 385 g/mol. The van der Waals surface area contributed by atoms with Gasteiger partial charge in [0.05, 0.1) is 21.2 Å². The largest absolute Gasteiger partial charge is 0.349 e. The van der Waals surface area contributed by atoms with Gasteiger partial charge >= 0.3 is 0 Å². The Morgan fingerprint density at radius 2 is 1.79 bits per heavy atom. The van der Waals surface area contributed by atoms with E-state index in [1.807, 2.05) is 0 Å². The monoisotopic (exact) mass is 384 g/mol. The zero-order valence-electron chi connectivity index (χ0n) is 12.4. The van der Waals surface area contributed by atoms with Crippen LogP contribution in [-0.2, 0) is 10.0 Å². The second kappa shape index (κ2) is 7.70. The number of nitrogens with one attached hydrogen (secondary N) is 2. The van der Waals surface area contributed by atoms with Crippen molar-refractivity contribution in [2.24, 2.45) is 0 Å². The maximum absolute atomic E-state index is 12.3. The molecule has 2 rings (SSSR count). The number of carbonyl (C=O) groups excluding carboxylic acids is 1. The van der Waals surface area contributed by atoms with Crippen molar-refractivity contribution in [3.63, 3.8) is 0 Å². The Labute approximate surface area is 150 Å². The van der Waals surface area contributed by atoms with E-state index in [1.54, 1.807) is 6.08 Å². The van der Waals surface area contributed by atoms with Gasteiger partial charge in [-0.2, -0.15) is 0 Å². The molecule has 0 fully saturated rings. The Hall–Kier alpha value is -2.02. The van der Waals surface area contributed by atoms with Gasteiger partial charge in [0.1, 0.15) is 0 Å². The van der Waals surface area contributed by atoms with E-state index < -0.39 is 10.0 Å². The minimum atomic E-state index is -3.78. The summed E-state index contributed by atoms with van der Waals surface area (Å²) in [6, 6.07) is 10.0. The highest BCUT2D eigenvalue weighted by molar-refractivity contribution is 7.92. The number of benzene rings is 2. The standard InChI is InChI=1S/C16H14Cl2N2O3S/c1-2-9-19-16(21)14-8-5-12(10-15(14)18)20-24(22,23)13-6-3-11(17)4-7-13/h2-8,10,20H,1,9H2,(H,19,21). The van der Waals surface area contributed by atoms with E-state index in [2.05, 4.69) is 16.6 Å². The topological polar surface area (TPSA) is 75.3 Å². The lowest BCUT2D eigenvalue weighted by Gasteiger charge is -2.10. The average Bonchev–Trinajstić information content (AvgIpc) is 2.52. The van der Waals surface area contributed by atoms with Crippen molar-refractivity contribution in [2.45, 2.75) is 4.90 Å². The summed E-state index contributed by atoms with van der Waals surface area (Å²) < 4.78 is 27.0. The SMILES string of the molecule is C=CCNC(=O)c1ccc(NS(=O)(=O)c2ccc(Cl)cc2)cc1Cl. The van der Waals surface area contributed by atoms with Crippen LogP contribution in [0.2, 0.25) is 10.0 Å². The van der Waals surface area contributed by atoms with Crippen LogP contribution in [-0.4, -0.2) is 20.9 Å². The van der Waals surface area contributed by atoms with E-state index in [1.165, 1.54) is 42.5 Å². The first-order chi connectivity index (χ1) is 11.3. The van der Waals surface area contributed by atoms with Gasteiger partial charge in [0.25, 0.3) is 15.9 Å².